The molecule has 0 radical (unpaired) electrons. The first-order valence-electron chi connectivity index (χ1n) is 6.64. The van der Waals surface area contributed by atoms with Gasteiger partial charge in [0.15, 0.2) is 11.4 Å². The maximum atomic E-state index is 11.8. The predicted molar refractivity (Wildman–Crippen MR) is 80.7 cm³/mol. The van der Waals surface area contributed by atoms with Crippen LogP contribution in [0.15, 0.2) is 42.5 Å². The van der Waals surface area contributed by atoms with Gasteiger partial charge in [0.05, 0.1) is 7.11 Å². The summed E-state index contributed by atoms with van der Waals surface area (Å²) in [5.74, 6) is -0.346. The lowest BCUT2D eigenvalue weighted by Gasteiger charge is -2.11. The van der Waals surface area contributed by atoms with Gasteiger partial charge in [-0.3, -0.25) is 4.79 Å². The van der Waals surface area contributed by atoms with Gasteiger partial charge in [-0.1, -0.05) is 30.3 Å². The molecule has 0 spiro atoms. The number of nitrogens with one attached hydrogen (secondary N) is 1. The first-order valence-corrected chi connectivity index (χ1v) is 6.64. The summed E-state index contributed by atoms with van der Waals surface area (Å²) in [5.41, 5.74) is 0.980. The van der Waals surface area contributed by atoms with Crippen molar-refractivity contribution in [1.29, 1.82) is 0 Å². The van der Waals surface area contributed by atoms with Gasteiger partial charge >= 0.3 is 5.97 Å². The molecule has 2 rings (SSSR count). The summed E-state index contributed by atoms with van der Waals surface area (Å²) >= 11 is 0. The molecule has 0 atom stereocenters. The zero-order valence-electron chi connectivity index (χ0n) is 12.3. The molecule has 0 fully saturated rings. The van der Waals surface area contributed by atoms with Gasteiger partial charge in [0.2, 0.25) is 5.91 Å². The highest BCUT2D eigenvalue weighted by atomic mass is 16.5. The number of ether oxygens (including phenoxy) is 2. The maximum absolute atomic E-state index is 11.8. The quantitative estimate of drug-likeness (QED) is 0.858. The van der Waals surface area contributed by atoms with Gasteiger partial charge in [0, 0.05) is 6.92 Å². The fraction of sp³-hybridized carbons (Fsp3) is 0.188. The number of hydrogen-bond acceptors (Lipinski definition) is 5. The van der Waals surface area contributed by atoms with Gasteiger partial charge in [-0.25, -0.2) is 9.78 Å². The lowest BCUT2D eigenvalue weighted by molar-refractivity contribution is -0.114. The molecule has 0 unspecified atom stereocenters. The van der Waals surface area contributed by atoms with E-state index in [0.29, 0.717) is 12.4 Å². The molecular formula is C16H16N2O4. The Morgan fingerprint density at radius 1 is 1.14 bits per heavy atom. The Kier molecular flexibility index (Phi) is 5.08. The van der Waals surface area contributed by atoms with Crippen molar-refractivity contribution in [3.63, 3.8) is 0 Å². The van der Waals surface area contributed by atoms with E-state index in [1.54, 1.807) is 12.1 Å². The van der Waals surface area contributed by atoms with E-state index in [2.05, 4.69) is 10.3 Å². The molecule has 1 N–H and O–H groups in total. The Hall–Kier alpha value is -2.89. The van der Waals surface area contributed by atoms with E-state index in [9.17, 15) is 9.59 Å². The smallest absolute Gasteiger partial charge is 0.360 e. The molecule has 6 nitrogen and oxygen atoms in total. The predicted octanol–water partition coefficient (Wildman–Crippen LogP) is 2.41. The first-order chi connectivity index (χ1) is 10.6. The van der Waals surface area contributed by atoms with Crippen LogP contribution in [0, 0.1) is 0 Å². The second-order valence-corrected chi connectivity index (χ2v) is 4.49. The monoisotopic (exact) mass is 300 g/mol. The number of esters is 1. The summed E-state index contributed by atoms with van der Waals surface area (Å²) in [6.07, 6.45) is 0. The zero-order valence-corrected chi connectivity index (χ0v) is 12.3. The van der Waals surface area contributed by atoms with Crippen molar-refractivity contribution in [3.8, 4) is 5.75 Å². The highest BCUT2D eigenvalue weighted by Crippen LogP contribution is 2.21. The molecule has 114 valence electrons. The molecule has 22 heavy (non-hydrogen) atoms. The number of rotatable bonds is 5. The van der Waals surface area contributed by atoms with Crippen LogP contribution < -0.4 is 10.1 Å². The Labute approximate surface area is 128 Å². The topological polar surface area (TPSA) is 77.5 Å². The van der Waals surface area contributed by atoms with E-state index in [0.717, 1.165) is 5.56 Å². The second kappa shape index (κ2) is 7.21. The Balaban J connectivity index is 2.21. The van der Waals surface area contributed by atoms with Crippen LogP contribution in [-0.2, 0) is 16.1 Å². The third kappa shape index (κ3) is 4.05. The molecule has 6 heteroatoms. The summed E-state index contributed by atoms with van der Waals surface area (Å²) < 4.78 is 10.3. The number of pyridine rings is 1. The van der Waals surface area contributed by atoms with Crippen molar-refractivity contribution in [2.75, 3.05) is 12.4 Å². The number of methoxy groups -OCH3 is 1. The van der Waals surface area contributed by atoms with E-state index in [4.69, 9.17) is 9.47 Å². The highest BCUT2D eigenvalue weighted by Gasteiger charge is 2.16. The minimum atomic E-state index is -0.629. The normalized spacial score (nSPS) is 9.91. The number of amides is 1. The Bertz CT molecular complexity index is 671. The molecule has 1 amide bonds. The van der Waals surface area contributed by atoms with Crippen LogP contribution in [0.2, 0.25) is 0 Å². The number of anilines is 1. The second-order valence-electron chi connectivity index (χ2n) is 4.49. The zero-order chi connectivity index (χ0) is 15.9. The van der Waals surface area contributed by atoms with E-state index in [1.807, 2.05) is 30.3 Å². The summed E-state index contributed by atoms with van der Waals surface area (Å²) in [4.78, 5) is 26.9. The first kappa shape index (κ1) is 15.5. The molecule has 0 bridgehead atoms. The fourth-order valence-electron chi connectivity index (χ4n) is 1.79. The minimum absolute atomic E-state index is 0.0182. The summed E-state index contributed by atoms with van der Waals surface area (Å²) in [7, 11) is 1.26. The van der Waals surface area contributed by atoms with Crippen LogP contribution in [0.1, 0.15) is 23.0 Å². The van der Waals surface area contributed by atoms with Crippen molar-refractivity contribution in [3.05, 3.63) is 53.7 Å². The van der Waals surface area contributed by atoms with Crippen LogP contribution >= 0.6 is 0 Å². The summed E-state index contributed by atoms with van der Waals surface area (Å²) in [6, 6.07) is 12.7. The summed E-state index contributed by atoms with van der Waals surface area (Å²) in [5, 5.41) is 2.51. The molecule has 0 saturated heterocycles. The standard InChI is InChI=1S/C16H16N2O4/c1-11(19)17-14-9-8-13(15(18-14)16(20)21-2)22-10-12-6-4-3-5-7-12/h3-9H,10H2,1-2H3,(H,17,18,19). The van der Waals surface area contributed by atoms with E-state index in [1.165, 1.54) is 14.0 Å². The molecule has 0 saturated carbocycles. The number of hydrogen-bond donors (Lipinski definition) is 1. The van der Waals surface area contributed by atoms with E-state index in [-0.39, 0.29) is 17.4 Å². The average Bonchev–Trinajstić information content (AvgIpc) is 2.53. The van der Waals surface area contributed by atoms with Crippen molar-refractivity contribution in [1.82, 2.24) is 4.98 Å². The maximum Gasteiger partial charge on any atom is 0.360 e. The third-order valence-electron chi connectivity index (χ3n) is 2.78. The minimum Gasteiger partial charge on any atom is -0.486 e. The molecule has 2 aromatic rings. The lowest BCUT2D eigenvalue weighted by Crippen LogP contribution is -2.13. The van der Waals surface area contributed by atoms with Crippen molar-refractivity contribution in [2.24, 2.45) is 0 Å². The molecule has 0 aliphatic heterocycles. The van der Waals surface area contributed by atoms with E-state index >= 15 is 0 Å². The molecule has 0 aliphatic rings. The van der Waals surface area contributed by atoms with Gasteiger partial charge in [-0.15, -0.1) is 0 Å². The van der Waals surface area contributed by atoms with Crippen LogP contribution in [0.4, 0.5) is 5.82 Å². The van der Waals surface area contributed by atoms with Crippen LogP contribution in [-0.4, -0.2) is 24.0 Å². The fourth-order valence-corrected chi connectivity index (χ4v) is 1.79. The molecule has 0 aliphatic carbocycles. The van der Waals surface area contributed by atoms with Crippen LogP contribution in [0.25, 0.3) is 0 Å². The SMILES string of the molecule is COC(=O)c1nc(NC(C)=O)ccc1OCc1ccccc1. The summed E-state index contributed by atoms with van der Waals surface area (Å²) in [6.45, 7) is 1.66. The number of carbonyl (C=O) groups excluding carboxylic acids is 2. The third-order valence-corrected chi connectivity index (χ3v) is 2.78. The van der Waals surface area contributed by atoms with Crippen molar-refractivity contribution < 1.29 is 19.1 Å². The average molecular weight is 300 g/mol. The number of carbonyl (C=O) groups is 2. The molecule has 1 aromatic heterocycles. The molecule has 1 heterocycles. The molecule has 1 aromatic carbocycles. The van der Waals surface area contributed by atoms with Gasteiger partial charge in [-0.2, -0.15) is 0 Å². The lowest BCUT2D eigenvalue weighted by atomic mass is 10.2. The molecular weight excluding hydrogens is 284 g/mol. The Morgan fingerprint density at radius 3 is 2.50 bits per heavy atom. The van der Waals surface area contributed by atoms with Crippen molar-refractivity contribution in [2.45, 2.75) is 13.5 Å². The Morgan fingerprint density at radius 2 is 1.86 bits per heavy atom. The number of benzene rings is 1. The largest absolute Gasteiger partial charge is 0.486 e. The van der Waals surface area contributed by atoms with Crippen LogP contribution in [0.3, 0.4) is 0 Å². The number of nitrogens with zero attached hydrogens (tertiary/aromatic N) is 1. The van der Waals surface area contributed by atoms with Gasteiger partial charge in [0.25, 0.3) is 0 Å². The van der Waals surface area contributed by atoms with E-state index < -0.39 is 5.97 Å². The highest BCUT2D eigenvalue weighted by molar-refractivity contribution is 5.92. The van der Waals surface area contributed by atoms with Gasteiger partial charge < -0.3 is 14.8 Å². The number of aromatic nitrogens is 1. The van der Waals surface area contributed by atoms with Gasteiger partial charge in [-0.05, 0) is 17.7 Å². The van der Waals surface area contributed by atoms with Crippen LogP contribution in [0.5, 0.6) is 5.75 Å². The van der Waals surface area contributed by atoms with Crippen molar-refractivity contribution >= 4 is 17.7 Å². The van der Waals surface area contributed by atoms with Gasteiger partial charge in [0.1, 0.15) is 12.4 Å².